The van der Waals surface area contributed by atoms with Crippen LogP contribution in [0.3, 0.4) is 0 Å². The predicted octanol–water partition coefficient (Wildman–Crippen LogP) is 5.49. The van der Waals surface area contributed by atoms with Crippen LogP contribution >= 0.6 is 15.9 Å². The molecule has 1 aromatic rings. The summed E-state index contributed by atoms with van der Waals surface area (Å²) >= 11 is 4.40. The zero-order valence-corrected chi connectivity index (χ0v) is 14.5. The fraction of sp³-hybridized carbons (Fsp3) is 0.526. The summed E-state index contributed by atoms with van der Waals surface area (Å²) in [5, 5.41) is 0. The van der Waals surface area contributed by atoms with Gasteiger partial charge in [-0.15, -0.1) is 0 Å². The molecule has 0 radical (unpaired) electrons. The number of rotatable bonds is 3. The Labute approximate surface area is 127 Å². The molecule has 11 rings (SSSR count). The quantitative estimate of drug-likeness (QED) is 0.287. The van der Waals surface area contributed by atoms with Gasteiger partial charge >= 0.3 is 127 Å². The molecule has 10 heterocycles. The number of benzene rings is 1. The molecule has 10 saturated heterocycles. The second-order valence-corrected chi connectivity index (χ2v) is 37.1. The van der Waals surface area contributed by atoms with Gasteiger partial charge in [0.15, 0.2) is 0 Å². The fourth-order valence-corrected chi connectivity index (χ4v) is 105. The maximum absolute atomic E-state index is 12.6. The van der Waals surface area contributed by atoms with E-state index in [1.54, 1.807) is 0 Å². The summed E-state index contributed by atoms with van der Waals surface area (Å²) in [4.78, 5) is 22.5. The van der Waals surface area contributed by atoms with Crippen molar-refractivity contribution in [1.82, 2.24) is 0 Å². The first-order valence-electron chi connectivity index (χ1n) is 8.61. The molecule has 10 aliphatic rings. The van der Waals surface area contributed by atoms with Crippen molar-refractivity contribution < 1.29 is 11.3 Å². The molecule has 1 nitrogen and oxygen atoms in total. The Balaban J connectivity index is 1.23. The summed E-state index contributed by atoms with van der Waals surface area (Å²) in [7, 11) is 0. The standard InChI is InChI=1S/C14H11O.C5H4Br.Fe/c15-14(13-8-2-1-3-9-13)11-10-12-6-4-5-7-12;6-5-3-1-2-4-5;/h1-11H;1-4H;. The van der Waals surface area contributed by atoms with Crippen molar-refractivity contribution in [1.29, 1.82) is 0 Å². The third-order valence-electron chi connectivity index (χ3n) is 16.3. The molecule has 1 aromatic carbocycles. The number of ketones is 1. The van der Waals surface area contributed by atoms with Crippen LogP contribution in [0.25, 0.3) is 0 Å². The van der Waals surface area contributed by atoms with Crippen molar-refractivity contribution in [3.63, 3.8) is 0 Å². The van der Waals surface area contributed by atoms with E-state index in [9.17, 15) is 4.79 Å². The van der Waals surface area contributed by atoms with Crippen molar-refractivity contribution >= 4 is 21.7 Å². The van der Waals surface area contributed by atoms with Crippen LogP contribution in [0, 0.1) is 0 Å². The van der Waals surface area contributed by atoms with Crippen LogP contribution < -0.4 is 0 Å². The number of carbonyl (C=O) groups excluding carboxylic acids is 1. The number of carbonyl (C=O) groups is 1. The second-order valence-electron chi connectivity index (χ2n) is 11.8. The first-order chi connectivity index (χ1) is 10.4. The minimum atomic E-state index is -3.23. The van der Waals surface area contributed by atoms with Crippen LogP contribution in [0.4, 0.5) is 0 Å². The third kappa shape index (κ3) is 0.115. The zero-order chi connectivity index (χ0) is 14.0. The fourth-order valence-electron chi connectivity index (χ4n) is 17.7. The summed E-state index contributed by atoms with van der Waals surface area (Å²) in [6, 6.07) is 9.84. The number of halogens is 1. The van der Waals surface area contributed by atoms with Crippen LogP contribution in [-0.2, 0) is 6.51 Å². The molecule has 112 valence electrons. The van der Waals surface area contributed by atoms with Gasteiger partial charge in [0.2, 0.25) is 0 Å². The van der Waals surface area contributed by atoms with E-state index in [0.717, 1.165) is 8.79 Å². The molecule has 0 amide bonds. The molecule has 0 bridgehead atoms. The monoisotopic (exact) mass is 394 g/mol. The molecule has 0 saturated carbocycles. The number of fused-ring (bicyclic) bond motifs is 10. The van der Waals surface area contributed by atoms with Crippen molar-refractivity contribution in [2.24, 2.45) is 0 Å². The Bertz CT molecular complexity index is 1350. The van der Waals surface area contributed by atoms with Gasteiger partial charge in [-0.3, -0.25) is 0 Å². The molecule has 3 heteroatoms. The van der Waals surface area contributed by atoms with E-state index in [2.05, 4.69) is 22.0 Å². The molecule has 0 aromatic heterocycles. The van der Waals surface area contributed by atoms with Crippen LogP contribution in [0.15, 0.2) is 42.5 Å². The molecule has 22 heavy (non-hydrogen) atoms. The summed E-state index contributed by atoms with van der Waals surface area (Å²) < 4.78 is 1.42. The molecular formula is C19H15BrFeO. The van der Waals surface area contributed by atoms with E-state index in [-0.39, 0.29) is 5.78 Å². The van der Waals surface area contributed by atoms with Gasteiger partial charge in [0.25, 0.3) is 0 Å². The van der Waals surface area contributed by atoms with E-state index < -0.39 is 6.51 Å². The van der Waals surface area contributed by atoms with Gasteiger partial charge in [-0.25, -0.2) is 0 Å². The number of allylic oxidation sites excluding steroid dienone is 2. The first kappa shape index (κ1) is 9.20. The zero-order valence-electron chi connectivity index (χ0n) is 11.8. The Hall–Kier alpha value is -0.371. The van der Waals surface area contributed by atoms with Gasteiger partial charge in [-0.2, -0.15) is 0 Å². The van der Waals surface area contributed by atoms with E-state index in [1.165, 1.54) is 38.5 Å². The van der Waals surface area contributed by atoms with E-state index in [1.807, 2.05) is 36.4 Å². The molecule has 10 fully saturated rings. The average Bonchev–Trinajstić information content (AvgIpc) is 3.49. The van der Waals surface area contributed by atoms with Gasteiger partial charge in [-0.05, 0) is 0 Å². The predicted molar refractivity (Wildman–Crippen MR) is 84.3 cm³/mol. The van der Waals surface area contributed by atoms with Gasteiger partial charge < -0.3 is 0 Å². The van der Waals surface area contributed by atoms with Crippen molar-refractivity contribution in [2.45, 2.75) is 46.1 Å². The van der Waals surface area contributed by atoms with Crippen molar-refractivity contribution in [3.8, 4) is 0 Å². The van der Waals surface area contributed by atoms with Crippen molar-refractivity contribution in [3.05, 3.63) is 48.0 Å². The molecule has 10 aliphatic heterocycles. The van der Waals surface area contributed by atoms with Gasteiger partial charge in [0, 0.05) is 0 Å². The SMILES string of the molecule is O=C(C=C[C]12[CH]3[CH]4[CH]5[CH]1[Fe]45321678[CH]2[CH]1[CH]6[C]7(Br)[CH]28)c1ccccc1. The normalized spacial score (nSPS) is 98.2. The summed E-state index contributed by atoms with van der Waals surface area (Å²) in [5.41, 5.74) is 0.860. The minimum absolute atomic E-state index is 0.236. The summed E-state index contributed by atoms with van der Waals surface area (Å²) in [6.07, 6.45) is 4.54. The number of alkyl halides is 1. The van der Waals surface area contributed by atoms with Crippen molar-refractivity contribution in [2.75, 3.05) is 0 Å². The van der Waals surface area contributed by atoms with Crippen LogP contribution in [-0.4, -0.2) is 9.01 Å². The van der Waals surface area contributed by atoms with Gasteiger partial charge in [0.1, 0.15) is 0 Å². The Morgan fingerprint density at radius 2 is 1.59 bits per heavy atom. The van der Waals surface area contributed by atoms with Crippen LogP contribution in [0.5, 0.6) is 0 Å². The Kier molecular flexibility index (Phi) is 0.379. The molecule has 0 N–H and O–H groups in total. The molecule has 0 aliphatic carbocycles. The number of hydrogen-bond donors (Lipinski definition) is 0. The number of hydrogen-bond acceptors (Lipinski definition) is 1. The molecule has 8 atom stereocenters. The second kappa shape index (κ2) is 0.907. The molecule has 8 unspecified atom stereocenters. The van der Waals surface area contributed by atoms with E-state index in [0.29, 0.717) is 4.31 Å². The van der Waals surface area contributed by atoms with Gasteiger partial charge in [-0.1, -0.05) is 0 Å². The summed E-state index contributed by atoms with van der Waals surface area (Å²) in [6.45, 7) is -3.23. The van der Waals surface area contributed by atoms with E-state index >= 15 is 0 Å². The third-order valence-corrected chi connectivity index (χ3v) is 66.3. The average molecular weight is 395 g/mol. The molecular weight excluding hydrogens is 380 g/mol. The maximum atomic E-state index is 12.6. The topological polar surface area (TPSA) is 17.1 Å². The van der Waals surface area contributed by atoms with E-state index in [4.69, 9.17) is 0 Å². The van der Waals surface area contributed by atoms with Crippen LogP contribution in [0.1, 0.15) is 10.4 Å². The van der Waals surface area contributed by atoms with Gasteiger partial charge in [0.05, 0.1) is 0 Å². The first-order valence-corrected chi connectivity index (χ1v) is 15.6. The van der Waals surface area contributed by atoms with Crippen LogP contribution in [0.2, 0.25) is 42.8 Å². The summed E-state index contributed by atoms with van der Waals surface area (Å²) in [5.74, 6) is 0.236. The Morgan fingerprint density at radius 3 is 2.00 bits per heavy atom. The molecule has 1 spiro atoms. The Morgan fingerprint density at radius 1 is 1.00 bits per heavy atom.